The lowest BCUT2D eigenvalue weighted by Gasteiger charge is -2.21. The molecule has 1 aliphatic rings. The molecule has 0 spiro atoms. The summed E-state index contributed by atoms with van der Waals surface area (Å²) in [7, 11) is 0. The Morgan fingerprint density at radius 3 is 2.68 bits per heavy atom. The van der Waals surface area contributed by atoms with Gasteiger partial charge in [-0.15, -0.1) is 0 Å². The Bertz CT molecular complexity index is 1380. The third-order valence-corrected chi connectivity index (χ3v) is 4.40. The Labute approximate surface area is 192 Å². The lowest BCUT2D eigenvalue weighted by Crippen LogP contribution is -2.28. The molecule has 13 nitrogen and oxygen atoms in total. The topological polar surface area (TPSA) is 217 Å². The number of hydrogen-bond acceptors (Lipinski definition) is 9. The van der Waals surface area contributed by atoms with E-state index in [4.69, 9.17) is 26.7 Å². The molecule has 0 saturated carbocycles. The minimum atomic E-state index is -0.780. The molecular weight excluding hydrogens is 442 g/mol. The number of primary amides is 1. The lowest BCUT2D eigenvalue weighted by molar-refractivity contribution is -0.114. The minimum absolute atomic E-state index is 0.00821. The van der Waals surface area contributed by atoms with Crippen molar-refractivity contribution in [2.24, 2.45) is 22.2 Å². The highest BCUT2D eigenvalue weighted by Crippen LogP contribution is 2.38. The van der Waals surface area contributed by atoms with Gasteiger partial charge in [0.15, 0.2) is 11.8 Å². The van der Waals surface area contributed by atoms with Crippen molar-refractivity contribution < 1.29 is 19.1 Å². The number of aromatic nitrogens is 2. The van der Waals surface area contributed by atoms with E-state index >= 15 is 0 Å². The molecule has 4 rings (SSSR count). The van der Waals surface area contributed by atoms with Crippen LogP contribution in [-0.2, 0) is 4.79 Å². The number of benzene rings is 2. The Hall–Kier alpha value is -5.38. The van der Waals surface area contributed by atoms with Gasteiger partial charge in [-0.05, 0) is 30.3 Å². The highest BCUT2D eigenvalue weighted by molar-refractivity contribution is 6.01. The van der Waals surface area contributed by atoms with Crippen molar-refractivity contribution in [1.29, 1.82) is 5.26 Å². The van der Waals surface area contributed by atoms with E-state index in [9.17, 15) is 14.9 Å². The van der Waals surface area contributed by atoms with Gasteiger partial charge in [0.25, 0.3) is 11.8 Å². The van der Waals surface area contributed by atoms with Gasteiger partial charge in [-0.25, -0.2) is 4.99 Å². The number of carbonyl (C=O) groups excluding carboxylic acids is 2. The Balaban J connectivity index is 1.76. The number of fused-ring (bicyclic) bond motifs is 1. The van der Waals surface area contributed by atoms with Crippen molar-refractivity contribution >= 4 is 35.0 Å². The molecule has 0 radical (unpaired) electrons. The van der Waals surface area contributed by atoms with E-state index in [2.05, 4.69) is 25.6 Å². The molecule has 2 heterocycles. The molecule has 0 atom stereocenters. The molecule has 0 aliphatic carbocycles. The van der Waals surface area contributed by atoms with Crippen LogP contribution >= 0.6 is 0 Å². The van der Waals surface area contributed by atoms with Gasteiger partial charge in [-0.1, -0.05) is 6.07 Å². The lowest BCUT2D eigenvalue weighted by atomic mass is 10.1. The first-order valence-corrected chi connectivity index (χ1v) is 9.67. The van der Waals surface area contributed by atoms with E-state index in [0.717, 1.165) is 0 Å². The average Bonchev–Trinajstić information content (AvgIpc) is 2.79. The number of nitriles is 1. The maximum atomic E-state index is 11.9. The fraction of sp³-hybridized carbons (Fsp3) is 0.0476. The SMILES string of the molecule is N#Cc1ccc(C(N)=O)c(Oc2nc(Oc3cccc(N=C(N)N)c3)nc3c2NC(=O)CN3)c1. The first kappa shape index (κ1) is 21.8. The number of hydrogen-bond donors (Lipinski definition) is 5. The second-order valence-corrected chi connectivity index (χ2v) is 6.86. The number of nitrogens with two attached hydrogens (primary N) is 3. The number of aliphatic imine (C=N–C) groups is 1. The Morgan fingerprint density at radius 1 is 1.12 bits per heavy atom. The molecular formula is C21H17N9O4. The summed E-state index contributed by atoms with van der Waals surface area (Å²) >= 11 is 0. The van der Waals surface area contributed by atoms with E-state index < -0.39 is 5.91 Å². The molecule has 0 bridgehead atoms. The van der Waals surface area contributed by atoms with Crippen molar-refractivity contribution in [3.63, 3.8) is 0 Å². The van der Waals surface area contributed by atoms with Crippen LogP contribution in [0, 0.1) is 11.3 Å². The van der Waals surface area contributed by atoms with Gasteiger partial charge in [0.05, 0.1) is 29.4 Å². The van der Waals surface area contributed by atoms with Crippen LogP contribution in [0.3, 0.4) is 0 Å². The van der Waals surface area contributed by atoms with Crippen molar-refractivity contribution in [3.8, 4) is 29.5 Å². The van der Waals surface area contributed by atoms with Crippen LogP contribution in [0.5, 0.6) is 23.4 Å². The van der Waals surface area contributed by atoms with Crippen LogP contribution in [0.15, 0.2) is 47.5 Å². The van der Waals surface area contributed by atoms with E-state index in [1.54, 1.807) is 24.3 Å². The highest BCUT2D eigenvalue weighted by Gasteiger charge is 2.25. The fourth-order valence-electron chi connectivity index (χ4n) is 2.98. The third kappa shape index (κ3) is 4.75. The van der Waals surface area contributed by atoms with Crippen LogP contribution in [0.2, 0.25) is 0 Å². The summed E-state index contributed by atoms with van der Waals surface area (Å²) in [5, 5.41) is 14.7. The standard InChI is InChI=1S/C21H17N9O4/c22-8-10-4-5-13(17(23)32)14(6-10)34-19-16-18(26-9-15(31)28-16)29-21(30-19)33-12-3-1-2-11(7-12)27-20(24)25/h1-7H,9H2,(H2,23,32)(H,28,31)(H4,24,25,27)(H,26,29,30). The van der Waals surface area contributed by atoms with Crippen molar-refractivity contribution in [3.05, 3.63) is 53.6 Å². The van der Waals surface area contributed by atoms with Gasteiger partial charge < -0.3 is 37.3 Å². The molecule has 13 heteroatoms. The fourth-order valence-corrected chi connectivity index (χ4v) is 2.98. The Kier molecular flexibility index (Phi) is 5.78. The number of nitrogens with zero attached hydrogens (tertiary/aromatic N) is 4. The molecule has 8 N–H and O–H groups in total. The zero-order valence-electron chi connectivity index (χ0n) is 17.4. The van der Waals surface area contributed by atoms with E-state index in [1.807, 2.05) is 6.07 Å². The summed E-state index contributed by atoms with van der Waals surface area (Å²) in [6.45, 7) is -0.0423. The first-order chi connectivity index (χ1) is 16.3. The Morgan fingerprint density at radius 2 is 1.94 bits per heavy atom. The molecule has 170 valence electrons. The summed E-state index contributed by atoms with van der Waals surface area (Å²) in [6, 6.07) is 12.4. The smallest absolute Gasteiger partial charge is 0.327 e. The van der Waals surface area contributed by atoms with Crippen LogP contribution in [0.25, 0.3) is 0 Å². The summed E-state index contributed by atoms with van der Waals surface area (Å²) in [5.41, 5.74) is 17.0. The van der Waals surface area contributed by atoms with Gasteiger partial charge in [0, 0.05) is 6.07 Å². The van der Waals surface area contributed by atoms with Crippen LogP contribution in [0.1, 0.15) is 15.9 Å². The van der Waals surface area contributed by atoms with E-state index in [1.165, 1.54) is 18.2 Å². The van der Waals surface area contributed by atoms with E-state index in [-0.39, 0.29) is 58.7 Å². The molecule has 1 aliphatic heterocycles. The predicted molar refractivity (Wildman–Crippen MR) is 121 cm³/mol. The van der Waals surface area contributed by atoms with E-state index in [0.29, 0.717) is 11.4 Å². The van der Waals surface area contributed by atoms with Crippen LogP contribution < -0.4 is 37.3 Å². The maximum absolute atomic E-state index is 11.9. The van der Waals surface area contributed by atoms with Crippen molar-refractivity contribution in [2.75, 3.05) is 17.2 Å². The molecule has 2 aromatic carbocycles. The van der Waals surface area contributed by atoms with Gasteiger partial charge in [0.1, 0.15) is 17.2 Å². The second kappa shape index (κ2) is 9.01. The van der Waals surface area contributed by atoms with Crippen LogP contribution in [0.4, 0.5) is 17.2 Å². The molecule has 1 aromatic heterocycles. The maximum Gasteiger partial charge on any atom is 0.327 e. The summed E-state index contributed by atoms with van der Waals surface area (Å²) < 4.78 is 11.6. The number of rotatable bonds is 6. The zero-order valence-corrected chi connectivity index (χ0v) is 17.4. The van der Waals surface area contributed by atoms with Gasteiger partial charge in [-0.2, -0.15) is 15.2 Å². The predicted octanol–water partition coefficient (Wildman–Crippen LogP) is 1.30. The molecule has 34 heavy (non-hydrogen) atoms. The molecule has 3 aromatic rings. The number of nitrogens with one attached hydrogen (secondary N) is 2. The number of anilines is 2. The summed E-state index contributed by atoms with van der Waals surface area (Å²) in [4.78, 5) is 36.2. The molecule has 0 unspecified atom stereocenters. The summed E-state index contributed by atoms with van der Waals surface area (Å²) in [5.74, 6) is -0.901. The average molecular weight is 459 g/mol. The van der Waals surface area contributed by atoms with Gasteiger partial charge in [0.2, 0.25) is 5.91 Å². The zero-order chi connectivity index (χ0) is 24.2. The normalized spacial score (nSPS) is 11.8. The highest BCUT2D eigenvalue weighted by atomic mass is 16.5. The number of guanidine groups is 1. The summed E-state index contributed by atoms with van der Waals surface area (Å²) in [6.07, 6.45) is 0. The molecule has 0 fully saturated rings. The minimum Gasteiger partial charge on any atom is -0.436 e. The molecule has 2 amide bonds. The quantitative estimate of drug-likeness (QED) is 0.263. The van der Waals surface area contributed by atoms with Crippen LogP contribution in [-0.4, -0.2) is 34.3 Å². The number of ether oxygens (including phenoxy) is 2. The number of carbonyl (C=O) groups is 2. The third-order valence-electron chi connectivity index (χ3n) is 4.40. The van der Waals surface area contributed by atoms with Crippen molar-refractivity contribution in [2.45, 2.75) is 0 Å². The van der Waals surface area contributed by atoms with Crippen molar-refractivity contribution in [1.82, 2.24) is 9.97 Å². The first-order valence-electron chi connectivity index (χ1n) is 9.67. The van der Waals surface area contributed by atoms with Gasteiger partial charge in [-0.3, -0.25) is 9.59 Å². The second-order valence-electron chi connectivity index (χ2n) is 6.86. The van der Waals surface area contributed by atoms with Gasteiger partial charge >= 0.3 is 6.01 Å². The monoisotopic (exact) mass is 459 g/mol. The molecule has 0 saturated heterocycles. The number of amides is 2. The largest absolute Gasteiger partial charge is 0.436 e.